The molecular weight excluding hydrogens is 266 g/mol. The van der Waals surface area contributed by atoms with Crippen LogP contribution in [0.15, 0.2) is 36.7 Å². The normalized spacial score (nSPS) is 10.2. The number of rotatable bonds is 5. The van der Waals surface area contributed by atoms with Gasteiger partial charge < -0.3 is 10.4 Å². The number of hydrogen-bond donors (Lipinski definition) is 2. The van der Waals surface area contributed by atoms with E-state index in [9.17, 15) is 4.79 Å². The van der Waals surface area contributed by atoms with Crippen LogP contribution < -0.4 is 5.32 Å². The number of aliphatic carboxylic acids is 1. The Morgan fingerprint density at radius 1 is 1.26 bits per heavy atom. The van der Waals surface area contributed by atoms with Crippen LogP contribution in [-0.4, -0.2) is 21.0 Å². The van der Waals surface area contributed by atoms with Crippen LogP contribution in [0.1, 0.15) is 11.1 Å². The van der Waals surface area contributed by atoms with E-state index >= 15 is 0 Å². The molecule has 1 aromatic heterocycles. The van der Waals surface area contributed by atoms with E-state index in [1.165, 1.54) is 6.20 Å². The van der Waals surface area contributed by atoms with Crippen molar-refractivity contribution >= 4 is 23.4 Å². The van der Waals surface area contributed by atoms with Crippen molar-refractivity contribution in [1.82, 2.24) is 9.97 Å². The molecule has 2 N–H and O–H groups in total. The molecule has 0 spiro atoms. The molecule has 0 saturated carbocycles. The first-order valence-corrected chi connectivity index (χ1v) is 6.03. The van der Waals surface area contributed by atoms with Gasteiger partial charge in [0.2, 0.25) is 0 Å². The summed E-state index contributed by atoms with van der Waals surface area (Å²) in [6, 6.07) is 7.37. The van der Waals surface area contributed by atoms with Crippen LogP contribution in [0.4, 0.5) is 5.82 Å². The summed E-state index contributed by atoms with van der Waals surface area (Å²) in [4.78, 5) is 18.8. The lowest BCUT2D eigenvalue weighted by atomic mass is 10.0. The van der Waals surface area contributed by atoms with E-state index < -0.39 is 5.97 Å². The van der Waals surface area contributed by atoms with Gasteiger partial charge in [-0.1, -0.05) is 35.9 Å². The van der Waals surface area contributed by atoms with Crippen molar-refractivity contribution in [1.29, 1.82) is 0 Å². The van der Waals surface area contributed by atoms with Gasteiger partial charge in [-0.3, -0.25) is 9.78 Å². The van der Waals surface area contributed by atoms with Gasteiger partial charge in [0.1, 0.15) is 11.0 Å². The summed E-state index contributed by atoms with van der Waals surface area (Å²) in [6.45, 7) is 0.471. The number of hydrogen-bond acceptors (Lipinski definition) is 4. The minimum Gasteiger partial charge on any atom is -0.481 e. The van der Waals surface area contributed by atoms with Crippen LogP contribution in [-0.2, 0) is 17.8 Å². The summed E-state index contributed by atoms with van der Waals surface area (Å²) >= 11 is 5.74. The fourth-order valence-electron chi connectivity index (χ4n) is 1.68. The Kier molecular flexibility index (Phi) is 4.30. The van der Waals surface area contributed by atoms with Gasteiger partial charge in [0, 0.05) is 6.54 Å². The molecule has 0 aliphatic carbocycles. The van der Waals surface area contributed by atoms with Crippen LogP contribution >= 0.6 is 11.6 Å². The summed E-state index contributed by atoms with van der Waals surface area (Å²) in [6.07, 6.45) is 3.01. The topological polar surface area (TPSA) is 75.1 Å². The maximum Gasteiger partial charge on any atom is 0.307 e. The highest BCUT2D eigenvalue weighted by molar-refractivity contribution is 6.29. The van der Waals surface area contributed by atoms with Crippen LogP contribution in [0.25, 0.3) is 0 Å². The van der Waals surface area contributed by atoms with Crippen LogP contribution in [0.3, 0.4) is 0 Å². The fourth-order valence-corrected chi connectivity index (χ4v) is 1.83. The van der Waals surface area contributed by atoms with Crippen molar-refractivity contribution in [2.75, 3.05) is 5.32 Å². The Balaban J connectivity index is 2.09. The second-order valence-electron chi connectivity index (χ2n) is 3.92. The number of aromatic nitrogens is 2. The Morgan fingerprint density at radius 2 is 2.00 bits per heavy atom. The molecule has 0 aliphatic heterocycles. The van der Waals surface area contributed by atoms with Gasteiger partial charge in [-0.15, -0.1) is 0 Å². The number of carboxylic acids is 1. The third kappa shape index (κ3) is 3.93. The maximum atomic E-state index is 10.8. The number of anilines is 1. The first-order chi connectivity index (χ1) is 9.15. The van der Waals surface area contributed by atoms with Crippen molar-refractivity contribution < 1.29 is 9.90 Å². The smallest absolute Gasteiger partial charge is 0.307 e. The van der Waals surface area contributed by atoms with E-state index in [0.717, 1.165) is 11.1 Å². The molecule has 5 nitrogen and oxygen atoms in total. The van der Waals surface area contributed by atoms with Crippen molar-refractivity contribution in [3.05, 3.63) is 52.9 Å². The van der Waals surface area contributed by atoms with Gasteiger partial charge in [-0.2, -0.15) is 0 Å². The predicted octanol–water partition coefficient (Wildman–Crippen LogP) is 2.37. The minimum absolute atomic E-state index is 0.000915. The highest BCUT2D eigenvalue weighted by Gasteiger charge is 2.06. The molecule has 0 radical (unpaired) electrons. The maximum absolute atomic E-state index is 10.8. The van der Waals surface area contributed by atoms with Gasteiger partial charge in [-0.25, -0.2) is 4.98 Å². The van der Waals surface area contributed by atoms with Crippen molar-refractivity contribution in [2.24, 2.45) is 0 Å². The lowest BCUT2D eigenvalue weighted by Crippen LogP contribution is -2.08. The molecule has 1 aromatic carbocycles. The summed E-state index contributed by atoms with van der Waals surface area (Å²) in [5, 5.41) is 12.2. The van der Waals surface area contributed by atoms with E-state index in [-0.39, 0.29) is 6.42 Å². The van der Waals surface area contributed by atoms with Crippen LogP contribution in [0.5, 0.6) is 0 Å². The molecule has 2 rings (SSSR count). The van der Waals surface area contributed by atoms with Crippen molar-refractivity contribution in [3.63, 3.8) is 0 Å². The molecule has 0 aliphatic rings. The molecule has 0 atom stereocenters. The second-order valence-corrected chi connectivity index (χ2v) is 4.31. The molecular formula is C13H12ClN3O2. The zero-order chi connectivity index (χ0) is 13.7. The van der Waals surface area contributed by atoms with Crippen molar-refractivity contribution in [2.45, 2.75) is 13.0 Å². The third-order valence-electron chi connectivity index (χ3n) is 2.53. The first-order valence-electron chi connectivity index (χ1n) is 5.65. The molecule has 19 heavy (non-hydrogen) atoms. The molecule has 0 fully saturated rings. The molecule has 98 valence electrons. The summed E-state index contributed by atoms with van der Waals surface area (Å²) in [5.74, 6) is -0.298. The summed E-state index contributed by atoms with van der Waals surface area (Å²) < 4.78 is 0. The molecule has 2 aromatic rings. The lowest BCUT2D eigenvalue weighted by molar-refractivity contribution is -0.136. The zero-order valence-electron chi connectivity index (χ0n) is 10.0. The SMILES string of the molecule is O=C(O)Cc1ccccc1CNc1cncc(Cl)n1. The molecule has 6 heteroatoms. The molecule has 0 amide bonds. The number of carboxylic acid groups (broad SMARTS) is 1. The second kappa shape index (κ2) is 6.15. The highest BCUT2D eigenvalue weighted by atomic mass is 35.5. The Morgan fingerprint density at radius 3 is 2.68 bits per heavy atom. The van der Waals surface area contributed by atoms with Gasteiger partial charge in [-0.05, 0) is 11.1 Å². The fraction of sp³-hybridized carbons (Fsp3) is 0.154. The van der Waals surface area contributed by atoms with Gasteiger partial charge in [0.15, 0.2) is 0 Å². The van der Waals surface area contributed by atoms with E-state index in [1.54, 1.807) is 12.3 Å². The lowest BCUT2D eigenvalue weighted by Gasteiger charge is -2.09. The number of benzene rings is 1. The Hall–Kier alpha value is -2.14. The molecule has 0 saturated heterocycles. The molecule has 1 heterocycles. The Labute approximate surface area is 115 Å². The largest absolute Gasteiger partial charge is 0.481 e. The van der Waals surface area contributed by atoms with Gasteiger partial charge >= 0.3 is 5.97 Å². The third-order valence-corrected chi connectivity index (χ3v) is 2.71. The highest BCUT2D eigenvalue weighted by Crippen LogP contribution is 2.13. The van der Waals surface area contributed by atoms with E-state index in [2.05, 4.69) is 15.3 Å². The van der Waals surface area contributed by atoms with Gasteiger partial charge in [0.05, 0.1) is 18.8 Å². The van der Waals surface area contributed by atoms with Crippen molar-refractivity contribution in [3.8, 4) is 0 Å². The zero-order valence-corrected chi connectivity index (χ0v) is 10.8. The predicted molar refractivity (Wildman–Crippen MR) is 72.2 cm³/mol. The summed E-state index contributed by atoms with van der Waals surface area (Å²) in [7, 11) is 0. The summed E-state index contributed by atoms with van der Waals surface area (Å²) in [5.41, 5.74) is 1.68. The van der Waals surface area contributed by atoms with E-state index in [1.807, 2.05) is 18.2 Å². The average molecular weight is 278 g/mol. The minimum atomic E-state index is -0.852. The molecule has 0 bridgehead atoms. The van der Waals surface area contributed by atoms with Crippen LogP contribution in [0, 0.1) is 0 Å². The monoisotopic (exact) mass is 277 g/mol. The average Bonchev–Trinajstić information content (AvgIpc) is 2.37. The number of halogens is 1. The van der Waals surface area contributed by atoms with E-state index in [0.29, 0.717) is 17.5 Å². The number of nitrogens with one attached hydrogen (secondary N) is 1. The number of carbonyl (C=O) groups is 1. The first kappa shape index (κ1) is 13.3. The Bertz CT molecular complexity index is 590. The standard InChI is InChI=1S/C13H12ClN3O2/c14-11-7-15-8-12(17-11)16-6-10-4-2-1-3-9(10)5-13(18)19/h1-4,7-8H,5-6H2,(H,16,17)(H,18,19). The van der Waals surface area contributed by atoms with Gasteiger partial charge in [0.25, 0.3) is 0 Å². The number of nitrogens with zero attached hydrogens (tertiary/aromatic N) is 2. The van der Waals surface area contributed by atoms with Crippen LogP contribution in [0.2, 0.25) is 5.15 Å². The quantitative estimate of drug-likeness (QED) is 0.877. The molecule has 0 unspecified atom stereocenters. The van der Waals surface area contributed by atoms with E-state index in [4.69, 9.17) is 16.7 Å².